The summed E-state index contributed by atoms with van der Waals surface area (Å²) >= 11 is 0. The summed E-state index contributed by atoms with van der Waals surface area (Å²) in [5, 5.41) is 7.25. The molecule has 8 heteroatoms. The molecule has 0 aliphatic rings. The number of benzene rings is 1. The summed E-state index contributed by atoms with van der Waals surface area (Å²) in [7, 11) is 1.73. The standard InChI is InChI=1S/C18H17N3O5/c1-10-15(8-19-21(10)3)18(24)25-9-12-6-17(23)26-16-7-13(20-11(2)22)4-5-14(12)16/h4-8H,9H2,1-3H3,(H,20,22). The van der Waals surface area contributed by atoms with Gasteiger partial charge in [-0.25, -0.2) is 9.59 Å². The van der Waals surface area contributed by atoms with Crippen LogP contribution in [0, 0.1) is 6.92 Å². The predicted molar refractivity (Wildman–Crippen MR) is 93.9 cm³/mol. The van der Waals surface area contributed by atoms with E-state index in [1.165, 1.54) is 19.2 Å². The summed E-state index contributed by atoms with van der Waals surface area (Å²) < 4.78 is 12.1. The van der Waals surface area contributed by atoms with E-state index in [1.54, 1.807) is 36.9 Å². The van der Waals surface area contributed by atoms with E-state index in [1.807, 2.05) is 0 Å². The van der Waals surface area contributed by atoms with Gasteiger partial charge < -0.3 is 14.5 Å². The Morgan fingerprint density at radius 3 is 2.73 bits per heavy atom. The number of amides is 1. The van der Waals surface area contributed by atoms with Crippen LogP contribution in [-0.4, -0.2) is 21.7 Å². The zero-order chi connectivity index (χ0) is 18.8. The van der Waals surface area contributed by atoms with Gasteiger partial charge >= 0.3 is 11.6 Å². The molecule has 3 rings (SSSR count). The molecule has 0 radical (unpaired) electrons. The molecule has 0 bridgehead atoms. The highest BCUT2D eigenvalue weighted by molar-refractivity contribution is 5.92. The number of rotatable bonds is 4. The third-order valence-corrected chi connectivity index (χ3v) is 3.96. The Labute approximate surface area is 148 Å². The van der Waals surface area contributed by atoms with Gasteiger partial charge in [0.05, 0.1) is 6.20 Å². The van der Waals surface area contributed by atoms with Crippen LogP contribution in [0.2, 0.25) is 0 Å². The molecule has 134 valence electrons. The molecule has 1 N–H and O–H groups in total. The fourth-order valence-electron chi connectivity index (χ4n) is 2.55. The Morgan fingerprint density at radius 1 is 1.31 bits per heavy atom. The van der Waals surface area contributed by atoms with Crippen LogP contribution in [0.5, 0.6) is 0 Å². The Balaban J connectivity index is 1.87. The van der Waals surface area contributed by atoms with Gasteiger partial charge in [0.25, 0.3) is 0 Å². The number of hydrogen-bond donors (Lipinski definition) is 1. The van der Waals surface area contributed by atoms with Gasteiger partial charge in [-0.1, -0.05) is 0 Å². The molecule has 3 aromatic rings. The van der Waals surface area contributed by atoms with Crippen LogP contribution >= 0.6 is 0 Å². The maximum absolute atomic E-state index is 12.2. The maximum atomic E-state index is 12.2. The summed E-state index contributed by atoms with van der Waals surface area (Å²) in [5.41, 5.74) is 1.81. The van der Waals surface area contributed by atoms with E-state index < -0.39 is 11.6 Å². The second-order valence-electron chi connectivity index (χ2n) is 5.83. The largest absolute Gasteiger partial charge is 0.457 e. The van der Waals surface area contributed by atoms with E-state index in [-0.39, 0.29) is 12.5 Å². The van der Waals surface area contributed by atoms with E-state index in [2.05, 4.69) is 10.4 Å². The number of ether oxygens (including phenoxy) is 1. The van der Waals surface area contributed by atoms with Crippen molar-refractivity contribution in [2.45, 2.75) is 20.5 Å². The van der Waals surface area contributed by atoms with Gasteiger partial charge in [0, 0.05) is 48.4 Å². The molecule has 0 saturated carbocycles. The van der Waals surface area contributed by atoms with E-state index in [0.29, 0.717) is 33.5 Å². The van der Waals surface area contributed by atoms with Crippen LogP contribution in [0.4, 0.5) is 5.69 Å². The molecule has 8 nitrogen and oxygen atoms in total. The number of carbonyl (C=O) groups is 2. The molecule has 0 saturated heterocycles. The van der Waals surface area contributed by atoms with E-state index in [0.717, 1.165) is 0 Å². The van der Waals surface area contributed by atoms with Crippen molar-refractivity contribution in [3.05, 3.63) is 57.7 Å². The minimum atomic E-state index is -0.568. The van der Waals surface area contributed by atoms with E-state index in [4.69, 9.17) is 9.15 Å². The SMILES string of the molecule is CC(=O)Nc1ccc2c(COC(=O)c3cnn(C)c3C)cc(=O)oc2c1. The molecule has 0 atom stereocenters. The highest BCUT2D eigenvalue weighted by Gasteiger charge is 2.15. The lowest BCUT2D eigenvalue weighted by Gasteiger charge is -2.08. The number of aromatic nitrogens is 2. The quantitative estimate of drug-likeness (QED) is 0.568. The van der Waals surface area contributed by atoms with Crippen LogP contribution in [0.25, 0.3) is 11.0 Å². The highest BCUT2D eigenvalue weighted by atomic mass is 16.5. The third-order valence-electron chi connectivity index (χ3n) is 3.96. The van der Waals surface area contributed by atoms with Gasteiger partial charge in [-0.15, -0.1) is 0 Å². The summed E-state index contributed by atoms with van der Waals surface area (Å²) in [6, 6.07) is 6.21. The second kappa shape index (κ2) is 6.83. The van der Waals surface area contributed by atoms with Crippen LogP contribution in [0.3, 0.4) is 0 Å². The Hall–Kier alpha value is -3.42. The Morgan fingerprint density at radius 2 is 2.08 bits per heavy atom. The number of carbonyl (C=O) groups excluding carboxylic acids is 2. The number of nitrogens with one attached hydrogen (secondary N) is 1. The fraction of sp³-hybridized carbons (Fsp3) is 0.222. The molecule has 2 aromatic heterocycles. The normalized spacial score (nSPS) is 10.7. The lowest BCUT2D eigenvalue weighted by Crippen LogP contribution is -2.09. The lowest BCUT2D eigenvalue weighted by atomic mass is 10.1. The molecular formula is C18H17N3O5. The van der Waals surface area contributed by atoms with Crippen molar-refractivity contribution in [1.82, 2.24) is 9.78 Å². The first-order valence-electron chi connectivity index (χ1n) is 7.85. The Bertz CT molecular complexity index is 1060. The smallest absolute Gasteiger partial charge is 0.341 e. The number of hydrogen-bond acceptors (Lipinski definition) is 6. The molecule has 0 aliphatic heterocycles. The van der Waals surface area contributed by atoms with E-state index >= 15 is 0 Å². The van der Waals surface area contributed by atoms with Crippen molar-refractivity contribution in [2.24, 2.45) is 7.05 Å². The molecule has 1 amide bonds. The second-order valence-corrected chi connectivity index (χ2v) is 5.83. The topological polar surface area (TPSA) is 103 Å². The van der Waals surface area contributed by atoms with Crippen LogP contribution in [0.15, 0.2) is 39.7 Å². The Kier molecular flexibility index (Phi) is 4.57. The number of anilines is 1. The van der Waals surface area contributed by atoms with Crippen molar-refractivity contribution in [3.63, 3.8) is 0 Å². The van der Waals surface area contributed by atoms with Gasteiger partial charge in [0.15, 0.2) is 0 Å². The first-order valence-corrected chi connectivity index (χ1v) is 7.85. The van der Waals surface area contributed by atoms with Crippen LogP contribution < -0.4 is 10.9 Å². The van der Waals surface area contributed by atoms with Gasteiger partial charge in [0.2, 0.25) is 5.91 Å². The predicted octanol–water partition coefficient (Wildman–Crippen LogP) is 2.15. The van der Waals surface area contributed by atoms with Crippen LogP contribution in [-0.2, 0) is 23.2 Å². The summed E-state index contributed by atoms with van der Waals surface area (Å²) in [5.74, 6) is -0.754. The minimum absolute atomic E-state index is 0.0885. The minimum Gasteiger partial charge on any atom is -0.457 e. The molecular weight excluding hydrogens is 338 g/mol. The average Bonchev–Trinajstić information content (AvgIpc) is 2.90. The highest BCUT2D eigenvalue weighted by Crippen LogP contribution is 2.22. The number of aryl methyl sites for hydroxylation is 1. The molecule has 2 heterocycles. The summed E-state index contributed by atoms with van der Waals surface area (Å²) in [6.45, 7) is 3.06. The van der Waals surface area contributed by atoms with Gasteiger partial charge in [0.1, 0.15) is 17.8 Å². The number of nitrogens with zero attached hydrogens (tertiary/aromatic N) is 2. The lowest BCUT2D eigenvalue weighted by molar-refractivity contribution is -0.114. The van der Waals surface area contributed by atoms with Crippen molar-refractivity contribution in [2.75, 3.05) is 5.32 Å². The molecule has 0 fully saturated rings. The molecule has 1 aromatic carbocycles. The van der Waals surface area contributed by atoms with Gasteiger partial charge in [-0.3, -0.25) is 9.48 Å². The third kappa shape index (κ3) is 3.49. The van der Waals surface area contributed by atoms with Crippen molar-refractivity contribution >= 4 is 28.5 Å². The number of esters is 1. The molecule has 0 spiro atoms. The average molecular weight is 355 g/mol. The zero-order valence-electron chi connectivity index (χ0n) is 14.5. The first-order chi connectivity index (χ1) is 12.3. The van der Waals surface area contributed by atoms with Crippen LogP contribution in [0.1, 0.15) is 28.5 Å². The van der Waals surface area contributed by atoms with E-state index in [9.17, 15) is 14.4 Å². The number of fused-ring (bicyclic) bond motifs is 1. The summed E-state index contributed by atoms with van der Waals surface area (Å²) in [4.78, 5) is 35.2. The zero-order valence-corrected chi connectivity index (χ0v) is 14.5. The van der Waals surface area contributed by atoms with Crippen molar-refractivity contribution < 1.29 is 18.7 Å². The van der Waals surface area contributed by atoms with Crippen molar-refractivity contribution in [1.29, 1.82) is 0 Å². The monoisotopic (exact) mass is 355 g/mol. The maximum Gasteiger partial charge on any atom is 0.341 e. The summed E-state index contributed by atoms with van der Waals surface area (Å²) in [6.07, 6.45) is 1.44. The van der Waals surface area contributed by atoms with Gasteiger partial charge in [-0.05, 0) is 19.1 Å². The molecule has 0 unspecified atom stereocenters. The molecule has 0 aliphatic carbocycles. The van der Waals surface area contributed by atoms with Crippen molar-refractivity contribution in [3.8, 4) is 0 Å². The first kappa shape index (κ1) is 17.4. The molecule has 26 heavy (non-hydrogen) atoms. The van der Waals surface area contributed by atoms with Gasteiger partial charge in [-0.2, -0.15) is 5.10 Å². The fourth-order valence-corrected chi connectivity index (χ4v) is 2.55.